The number of piperazine rings is 1. The van der Waals surface area contributed by atoms with E-state index in [-0.39, 0.29) is 29.6 Å². The van der Waals surface area contributed by atoms with Crippen molar-refractivity contribution in [2.45, 2.75) is 24.3 Å². The maximum atomic E-state index is 13.6. The number of nitrogens with one attached hydrogen (secondary N) is 1. The number of hydrogen-bond acceptors (Lipinski definition) is 4. The van der Waals surface area contributed by atoms with Gasteiger partial charge >= 0.3 is 0 Å². The fourth-order valence-electron chi connectivity index (χ4n) is 3.14. The highest BCUT2D eigenvalue weighted by Gasteiger charge is 2.34. The van der Waals surface area contributed by atoms with Gasteiger partial charge in [-0.3, -0.25) is 4.79 Å². The van der Waals surface area contributed by atoms with Crippen molar-refractivity contribution >= 4 is 28.2 Å². The number of carbonyl (C=O) groups is 1. The van der Waals surface area contributed by atoms with E-state index in [9.17, 15) is 17.6 Å². The summed E-state index contributed by atoms with van der Waals surface area (Å²) in [5.41, 5.74) is 0.979. The summed E-state index contributed by atoms with van der Waals surface area (Å²) in [5, 5.41) is 3.16. The second kappa shape index (κ2) is 8.93. The van der Waals surface area contributed by atoms with Gasteiger partial charge in [0.25, 0.3) is 0 Å². The number of hydrogen-bond donors (Lipinski definition) is 1. The van der Waals surface area contributed by atoms with E-state index in [4.69, 9.17) is 0 Å². The first-order chi connectivity index (χ1) is 12.4. The number of sulfonamides is 1. The van der Waals surface area contributed by atoms with Gasteiger partial charge in [-0.2, -0.15) is 4.31 Å². The van der Waals surface area contributed by atoms with Crippen LogP contribution in [0.5, 0.6) is 0 Å². The zero-order chi connectivity index (χ0) is 18.7. The third-order valence-electron chi connectivity index (χ3n) is 4.51. The number of nitrogens with zero attached hydrogens (tertiary/aromatic N) is 1. The Kier molecular flexibility index (Phi) is 7.11. The van der Waals surface area contributed by atoms with E-state index in [1.807, 2.05) is 0 Å². The van der Waals surface area contributed by atoms with Gasteiger partial charge in [0, 0.05) is 31.6 Å². The van der Waals surface area contributed by atoms with E-state index in [1.165, 1.54) is 28.6 Å². The Hall–Kier alpha value is -1.80. The van der Waals surface area contributed by atoms with Crippen LogP contribution in [0.3, 0.4) is 0 Å². The Bertz CT molecular complexity index is 921. The van der Waals surface area contributed by atoms with Crippen molar-refractivity contribution in [3.8, 4) is 0 Å². The molecule has 2 aromatic carbocycles. The van der Waals surface area contributed by atoms with Crippen molar-refractivity contribution in [3.05, 3.63) is 65.5 Å². The molecule has 1 unspecified atom stereocenters. The Morgan fingerprint density at radius 2 is 1.96 bits per heavy atom. The predicted octanol–water partition coefficient (Wildman–Crippen LogP) is 3.18. The van der Waals surface area contributed by atoms with Crippen LogP contribution in [-0.4, -0.2) is 38.1 Å². The lowest BCUT2D eigenvalue weighted by Crippen LogP contribution is -2.48. The van der Waals surface area contributed by atoms with E-state index >= 15 is 0 Å². The third kappa shape index (κ3) is 4.55. The lowest BCUT2D eigenvalue weighted by Gasteiger charge is -2.35. The SMILES string of the molecule is CCC(=O)c1cccc(S(=O)(=O)N2CCNCC2c2cccc(F)c2)c1.Cl. The predicted molar refractivity (Wildman–Crippen MR) is 104 cm³/mol. The van der Waals surface area contributed by atoms with Gasteiger partial charge in [-0.05, 0) is 29.8 Å². The van der Waals surface area contributed by atoms with Gasteiger partial charge in [0.15, 0.2) is 5.78 Å². The van der Waals surface area contributed by atoms with Crippen LogP contribution in [0.1, 0.15) is 35.3 Å². The van der Waals surface area contributed by atoms with Crippen LogP contribution < -0.4 is 5.32 Å². The van der Waals surface area contributed by atoms with Gasteiger partial charge in [0.05, 0.1) is 10.9 Å². The molecule has 0 aromatic heterocycles. The fourth-order valence-corrected chi connectivity index (χ4v) is 4.80. The molecule has 0 amide bonds. The number of carbonyl (C=O) groups excluding carboxylic acids is 1. The fraction of sp³-hybridized carbons (Fsp3) is 0.316. The molecule has 146 valence electrons. The minimum absolute atomic E-state index is 0. The molecule has 0 aliphatic carbocycles. The topological polar surface area (TPSA) is 66.5 Å². The standard InChI is InChI=1S/C19H21FN2O3S.ClH/c1-2-19(23)15-6-4-8-17(12-15)26(24,25)22-10-9-21-13-18(22)14-5-3-7-16(20)11-14;/h3-8,11-12,18,21H,2,9-10,13H2,1H3;1H. The first-order valence-electron chi connectivity index (χ1n) is 8.54. The van der Waals surface area contributed by atoms with Crippen LogP contribution in [0.15, 0.2) is 53.4 Å². The highest BCUT2D eigenvalue weighted by atomic mass is 35.5. The minimum atomic E-state index is -3.82. The van der Waals surface area contributed by atoms with E-state index < -0.39 is 21.9 Å². The van der Waals surface area contributed by atoms with Gasteiger partial charge in [0.1, 0.15) is 5.82 Å². The van der Waals surface area contributed by atoms with Crippen molar-refractivity contribution in [3.63, 3.8) is 0 Å². The van der Waals surface area contributed by atoms with Gasteiger partial charge in [-0.25, -0.2) is 12.8 Å². The highest BCUT2D eigenvalue weighted by molar-refractivity contribution is 7.89. The second-order valence-corrected chi connectivity index (χ2v) is 8.09. The van der Waals surface area contributed by atoms with Crippen molar-refractivity contribution in [1.82, 2.24) is 9.62 Å². The molecule has 1 saturated heterocycles. The number of benzene rings is 2. The van der Waals surface area contributed by atoms with Gasteiger partial charge in [-0.1, -0.05) is 31.2 Å². The third-order valence-corrected chi connectivity index (χ3v) is 6.42. The second-order valence-electron chi connectivity index (χ2n) is 6.20. The molecule has 0 radical (unpaired) electrons. The van der Waals surface area contributed by atoms with Gasteiger partial charge in [-0.15, -0.1) is 12.4 Å². The molecule has 1 aliphatic heterocycles. The molecule has 3 rings (SSSR count). The van der Waals surface area contributed by atoms with Crippen molar-refractivity contribution < 1.29 is 17.6 Å². The van der Waals surface area contributed by atoms with Gasteiger partial charge < -0.3 is 5.32 Å². The summed E-state index contributed by atoms with van der Waals surface area (Å²) in [6.45, 7) is 2.92. The quantitative estimate of drug-likeness (QED) is 0.766. The maximum absolute atomic E-state index is 13.6. The van der Waals surface area contributed by atoms with Gasteiger partial charge in [0.2, 0.25) is 10.0 Å². The normalized spacial score (nSPS) is 17.9. The Labute approximate surface area is 165 Å². The minimum Gasteiger partial charge on any atom is -0.313 e. The largest absolute Gasteiger partial charge is 0.313 e. The summed E-state index contributed by atoms with van der Waals surface area (Å²) < 4.78 is 41.4. The summed E-state index contributed by atoms with van der Waals surface area (Å²) in [5.74, 6) is -0.509. The zero-order valence-corrected chi connectivity index (χ0v) is 16.5. The monoisotopic (exact) mass is 412 g/mol. The Morgan fingerprint density at radius 3 is 2.67 bits per heavy atom. The molecule has 0 saturated carbocycles. The summed E-state index contributed by atoms with van der Waals surface area (Å²) in [6, 6.07) is 11.6. The Morgan fingerprint density at radius 1 is 1.22 bits per heavy atom. The van der Waals surface area contributed by atoms with Crippen molar-refractivity contribution in [1.29, 1.82) is 0 Å². The van der Waals surface area contributed by atoms with Crippen molar-refractivity contribution in [2.24, 2.45) is 0 Å². The van der Waals surface area contributed by atoms with E-state index in [0.29, 0.717) is 30.6 Å². The molecule has 27 heavy (non-hydrogen) atoms. The molecular weight excluding hydrogens is 391 g/mol. The number of ketones is 1. The Balaban J connectivity index is 0.00000261. The molecule has 2 aromatic rings. The summed E-state index contributed by atoms with van der Waals surface area (Å²) >= 11 is 0. The molecule has 0 spiro atoms. The van der Waals surface area contributed by atoms with E-state index in [2.05, 4.69) is 5.32 Å². The van der Waals surface area contributed by atoms with Crippen LogP contribution in [0.4, 0.5) is 4.39 Å². The highest BCUT2D eigenvalue weighted by Crippen LogP contribution is 2.29. The maximum Gasteiger partial charge on any atom is 0.243 e. The van der Waals surface area contributed by atoms with Crippen molar-refractivity contribution in [2.75, 3.05) is 19.6 Å². The van der Waals surface area contributed by atoms with Crippen LogP contribution in [0.25, 0.3) is 0 Å². The number of Topliss-reactive ketones (excluding diaryl/α,β-unsaturated/α-hetero) is 1. The summed E-state index contributed by atoms with van der Waals surface area (Å²) in [4.78, 5) is 12.0. The van der Waals surface area contributed by atoms with Crippen LogP contribution in [0, 0.1) is 5.82 Å². The van der Waals surface area contributed by atoms with Crippen LogP contribution in [-0.2, 0) is 10.0 Å². The smallest absolute Gasteiger partial charge is 0.243 e. The lowest BCUT2D eigenvalue weighted by molar-refractivity contribution is 0.0988. The first-order valence-corrected chi connectivity index (χ1v) is 9.99. The molecule has 1 heterocycles. The molecule has 1 N–H and O–H groups in total. The molecular formula is C19H22ClFN2O3S. The van der Waals surface area contributed by atoms with Crippen LogP contribution >= 0.6 is 12.4 Å². The zero-order valence-electron chi connectivity index (χ0n) is 14.9. The van der Waals surface area contributed by atoms with E-state index in [1.54, 1.807) is 31.2 Å². The molecule has 1 atom stereocenters. The molecule has 8 heteroatoms. The average molecular weight is 413 g/mol. The first kappa shape index (κ1) is 21.5. The molecule has 0 bridgehead atoms. The molecule has 1 fully saturated rings. The lowest BCUT2D eigenvalue weighted by atomic mass is 10.1. The van der Waals surface area contributed by atoms with Crippen LogP contribution in [0.2, 0.25) is 0 Å². The average Bonchev–Trinajstić information content (AvgIpc) is 2.67. The number of halogens is 2. The van der Waals surface area contributed by atoms with E-state index in [0.717, 1.165) is 0 Å². The summed E-state index contributed by atoms with van der Waals surface area (Å²) in [7, 11) is -3.82. The molecule has 1 aliphatic rings. The summed E-state index contributed by atoms with van der Waals surface area (Å²) in [6.07, 6.45) is 0.309. The molecule has 5 nitrogen and oxygen atoms in total. The number of rotatable bonds is 5.